The van der Waals surface area contributed by atoms with Gasteiger partial charge in [-0.2, -0.15) is 5.26 Å². The van der Waals surface area contributed by atoms with E-state index in [1.807, 2.05) is 6.07 Å². The fourth-order valence-electron chi connectivity index (χ4n) is 3.13. The molecule has 2 N–H and O–H groups in total. The van der Waals surface area contributed by atoms with Crippen LogP contribution < -0.4 is 10.6 Å². The molecule has 0 bridgehead atoms. The number of nitriles is 1. The molecule has 1 aromatic heterocycles. The van der Waals surface area contributed by atoms with Gasteiger partial charge in [0, 0.05) is 19.6 Å². The quantitative estimate of drug-likeness (QED) is 0.837. The van der Waals surface area contributed by atoms with Crippen LogP contribution in [-0.2, 0) is 6.54 Å². The van der Waals surface area contributed by atoms with Gasteiger partial charge >= 0.3 is 0 Å². The molecule has 4 nitrogen and oxygen atoms in total. The molecule has 1 aliphatic heterocycles. The second kappa shape index (κ2) is 6.69. The minimum absolute atomic E-state index is 0.701. The predicted octanol–water partition coefficient (Wildman–Crippen LogP) is 3.37. The number of hydrogen-bond donors (Lipinski definition) is 1. The number of unbranched alkanes of at least 4 members (excludes halogenated alkanes) is 2. The second-order valence-corrected chi connectivity index (χ2v) is 5.97. The van der Waals surface area contributed by atoms with E-state index in [2.05, 4.69) is 29.4 Å². The van der Waals surface area contributed by atoms with Gasteiger partial charge in [0.25, 0.3) is 0 Å². The second-order valence-electron chi connectivity index (χ2n) is 5.97. The molecule has 4 heteroatoms. The number of hydrogen-bond acceptors (Lipinski definition) is 3. The summed E-state index contributed by atoms with van der Waals surface area (Å²) in [7, 11) is 0. The van der Waals surface area contributed by atoms with E-state index in [4.69, 9.17) is 5.73 Å². The van der Waals surface area contributed by atoms with Gasteiger partial charge in [0.15, 0.2) is 0 Å². The van der Waals surface area contributed by atoms with Crippen LogP contribution in [0.25, 0.3) is 0 Å². The van der Waals surface area contributed by atoms with Crippen LogP contribution in [0, 0.1) is 17.2 Å². The van der Waals surface area contributed by atoms with Crippen LogP contribution in [0.15, 0.2) is 6.07 Å². The Morgan fingerprint density at radius 2 is 2.25 bits per heavy atom. The average molecular weight is 274 g/mol. The summed E-state index contributed by atoms with van der Waals surface area (Å²) >= 11 is 0. The first kappa shape index (κ1) is 14.8. The van der Waals surface area contributed by atoms with Crippen molar-refractivity contribution in [2.24, 2.45) is 5.92 Å². The molecule has 0 saturated carbocycles. The van der Waals surface area contributed by atoms with E-state index >= 15 is 0 Å². The van der Waals surface area contributed by atoms with E-state index in [0.29, 0.717) is 11.6 Å². The van der Waals surface area contributed by atoms with Crippen molar-refractivity contribution in [2.45, 2.75) is 52.5 Å². The van der Waals surface area contributed by atoms with Gasteiger partial charge in [-0.25, -0.2) is 0 Å². The molecular weight excluding hydrogens is 248 g/mol. The molecule has 1 aromatic rings. The molecule has 1 fully saturated rings. The summed E-state index contributed by atoms with van der Waals surface area (Å²) in [5, 5.41) is 9.32. The summed E-state index contributed by atoms with van der Waals surface area (Å²) in [4.78, 5) is 2.37. The number of nitrogens with zero attached hydrogens (tertiary/aromatic N) is 3. The highest BCUT2D eigenvalue weighted by atomic mass is 15.3. The number of nitrogen functional groups attached to an aromatic ring is 1. The Labute approximate surface area is 122 Å². The Bertz CT molecular complexity index is 483. The lowest BCUT2D eigenvalue weighted by molar-refractivity contribution is 0.439. The van der Waals surface area contributed by atoms with Crippen molar-refractivity contribution in [3.05, 3.63) is 11.8 Å². The standard InChI is InChI=1S/C16H26N4/c1-3-4-5-9-20-14(11-17)10-15(18)16(20)19-8-6-7-13(2)12-19/h10,13H,3-9,12,18H2,1-2H3. The zero-order valence-electron chi connectivity index (χ0n) is 12.7. The molecule has 0 aromatic carbocycles. The highest BCUT2D eigenvalue weighted by Crippen LogP contribution is 2.31. The fourth-order valence-corrected chi connectivity index (χ4v) is 3.13. The SMILES string of the molecule is CCCCCn1c(C#N)cc(N)c1N1CCCC(C)C1. The van der Waals surface area contributed by atoms with E-state index < -0.39 is 0 Å². The van der Waals surface area contributed by atoms with Gasteiger partial charge in [-0.15, -0.1) is 0 Å². The van der Waals surface area contributed by atoms with Crippen LogP contribution in [0.5, 0.6) is 0 Å². The topological polar surface area (TPSA) is 58.0 Å². The minimum Gasteiger partial charge on any atom is -0.396 e. The van der Waals surface area contributed by atoms with Gasteiger partial charge in [0.05, 0.1) is 5.69 Å². The average Bonchev–Trinajstić information content (AvgIpc) is 2.75. The Morgan fingerprint density at radius 1 is 1.45 bits per heavy atom. The van der Waals surface area contributed by atoms with E-state index in [1.54, 1.807) is 0 Å². The third-order valence-electron chi connectivity index (χ3n) is 4.15. The highest BCUT2D eigenvalue weighted by molar-refractivity contribution is 5.68. The highest BCUT2D eigenvalue weighted by Gasteiger charge is 2.23. The van der Waals surface area contributed by atoms with Crippen LogP contribution in [-0.4, -0.2) is 17.7 Å². The van der Waals surface area contributed by atoms with Gasteiger partial charge in [-0.1, -0.05) is 26.7 Å². The van der Waals surface area contributed by atoms with Crippen LogP contribution >= 0.6 is 0 Å². The first-order valence-electron chi connectivity index (χ1n) is 7.81. The van der Waals surface area contributed by atoms with Gasteiger partial charge in [-0.05, 0) is 31.2 Å². The van der Waals surface area contributed by atoms with Gasteiger partial charge in [0.2, 0.25) is 0 Å². The molecule has 1 unspecified atom stereocenters. The minimum atomic E-state index is 0.701. The molecule has 0 aliphatic carbocycles. The van der Waals surface area contributed by atoms with Crippen molar-refractivity contribution >= 4 is 11.5 Å². The number of nitrogens with two attached hydrogens (primary N) is 1. The van der Waals surface area contributed by atoms with Crippen molar-refractivity contribution in [3.63, 3.8) is 0 Å². The fraction of sp³-hybridized carbons (Fsp3) is 0.688. The normalized spacial score (nSPS) is 19.1. The lowest BCUT2D eigenvalue weighted by Crippen LogP contribution is -2.36. The van der Waals surface area contributed by atoms with Crippen molar-refractivity contribution < 1.29 is 0 Å². The van der Waals surface area contributed by atoms with E-state index in [0.717, 1.165) is 37.6 Å². The smallest absolute Gasteiger partial charge is 0.133 e. The van der Waals surface area contributed by atoms with Crippen molar-refractivity contribution in [2.75, 3.05) is 23.7 Å². The number of aromatic nitrogens is 1. The van der Waals surface area contributed by atoms with Crippen LogP contribution in [0.2, 0.25) is 0 Å². The van der Waals surface area contributed by atoms with Gasteiger partial charge in [0.1, 0.15) is 17.6 Å². The van der Waals surface area contributed by atoms with E-state index in [1.165, 1.54) is 25.7 Å². The molecule has 1 atom stereocenters. The molecule has 2 heterocycles. The van der Waals surface area contributed by atoms with Crippen LogP contribution in [0.3, 0.4) is 0 Å². The zero-order chi connectivity index (χ0) is 14.5. The maximum absolute atomic E-state index is 9.32. The van der Waals surface area contributed by atoms with Gasteiger partial charge < -0.3 is 15.2 Å². The molecule has 0 amide bonds. The molecule has 0 spiro atoms. The predicted molar refractivity (Wildman–Crippen MR) is 83.7 cm³/mol. The Balaban J connectivity index is 2.25. The van der Waals surface area contributed by atoms with E-state index in [-0.39, 0.29) is 0 Å². The summed E-state index contributed by atoms with van der Waals surface area (Å²) in [6.07, 6.45) is 5.99. The third-order valence-corrected chi connectivity index (χ3v) is 4.15. The van der Waals surface area contributed by atoms with Crippen LogP contribution in [0.1, 0.15) is 51.6 Å². The lowest BCUT2D eigenvalue weighted by Gasteiger charge is -2.34. The van der Waals surface area contributed by atoms with Crippen LogP contribution in [0.4, 0.5) is 11.5 Å². The Morgan fingerprint density at radius 3 is 2.90 bits per heavy atom. The molecule has 1 aliphatic rings. The molecular formula is C16H26N4. The zero-order valence-corrected chi connectivity index (χ0v) is 12.7. The summed E-state index contributed by atoms with van der Waals surface area (Å²) < 4.78 is 2.13. The summed E-state index contributed by atoms with van der Waals surface area (Å²) in [5.41, 5.74) is 7.64. The summed E-state index contributed by atoms with van der Waals surface area (Å²) in [6, 6.07) is 4.12. The van der Waals surface area contributed by atoms with Crippen molar-refractivity contribution in [3.8, 4) is 6.07 Å². The van der Waals surface area contributed by atoms with Crippen molar-refractivity contribution in [1.29, 1.82) is 5.26 Å². The maximum atomic E-state index is 9.32. The number of rotatable bonds is 5. The molecule has 2 rings (SSSR count). The number of anilines is 2. The molecule has 1 saturated heterocycles. The summed E-state index contributed by atoms with van der Waals surface area (Å²) in [5.74, 6) is 1.77. The summed E-state index contributed by atoms with van der Waals surface area (Å²) in [6.45, 7) is 7.48. The molecule has 0 radical (unpaired) electrons. The Hall–Kier alpha value is -1.63. The first-order valence-corrected chi connectivity index (χ1v) is 7.81. The molecule has 110 valence electrons. The monoisotopic (exact) mass is 274 g/mol. The Kier molecular flexibility index (Phi) is 4.94. The third kappa shape index (κ3) is 3.09. The van der Waals surface area contributed by atoms with E-state index in [9.17, 15) is 5.26 Å². The van der Waals surface area contributed by atoms with Gasteiger partial charge in [-0.3, -0.25) is 0 Å². The molecule has 20 heavy (non-hydrogen) atoms. The first-order chi connectivity index (χ1) is 9.67. The number of piperidine rings is 1. The lowest BCUT2D eigenvalue weighted by atomic mass is 10.0. The maximum Gasteiger partial charge on any atom is 0.133 e. The largest absolute Gasteiger partial charge is 0.396 e. The van der Waals surface area contributed by atoms with Crippen molar-refractivity contribution in [1.82, 2.24) is 4.57 Å².